The number of thioether (sulfide) groups is 1. The molecule has 0 fully saturated rings. The van der Waals surface area contributed by atoms with Gasteiger partial charge in [0.2, 0.25) is 0 Å². The van der Waals surface area contributed by atoms with E-state index >= 15 is 0 Å². The number of nitrogens with two attached hydrogens (primary N) is 1. The lowest BCUT2D eigenvalue weighted by molar-refractivity contribution is 0.546. The van der Waals surface area contributed by atoms with E-state index in [0.717, 1.165) is 4.90 Å². The fourth-order valence-electron chi connectivity index (χ4n) is 1.88. The first kappa shape index (κ1) is 16.2. The van der Waals surface area contributed by atoms with Gasteiger partial charge in [-0.1, -0.05) is 17.7 Å². The maximum atomic E-state index is 13.7. The molecule has 0 aliphatic heterocycles. The number of hydrogen-bond acceptors (Lipinski definition) is 3. The van der Waals surface area contributed by atoms with Gasteiger partial charge in [-0.2, -0.15) is 0 Å². The Bertz CT molecular complexity index is 610. The van der Waals surface area contributed by atoms with Crippen molar-refractivity contribution in [3.63, 3.8) is 0 Å². The third-order valence-corrected chi connectivity index (χ3v) is 4.35. The molecule has 0 saturated carbocycles. The Morgan fingerprint density at radius 1 is 1.19 bits per heavy atom. The first-order chi connectivity index (χ1) is 10.1. The number of nitrogens with one attached hydrogen (secondary N) is 1. The van der Waals surface area contributed by atoms with Gasteiger partial charge in [-0.25, -0.2) is 8.78 Å². The Morgan fingerprint density at radius 3 is 2.71 bits per heavy atom. The molecule has 2 aromatic rings. The first-order valence-corrected chi connectivity index (χ1v) is 7.73. The predicted octanol–water partition coefficient (Wildman–Crippen LogP) is 3.78. The number of benzene rings is 2. The van der Waals surface area contributed by atoms with E-state index in [2.05, 4.69) is 5.43 Å². The lowest BCUT2D eigenvalue weighted by Gasteiger charge is -2.16. The van der Waals surface area contributed by atoms with Crippen molar-refractivity contribution in [2.45, 2.75) is 17.4 Å². The molecular weight excluding hydrogens is 314 g/mol. The van der Waals surface area contributed by atoms with Crippen LogP contribution < -0.4 is 11.3 Å². The van der Waals surface area contributed by atoms with Gasteiger partial charge in [-0.3, -0.25) is 11.3 Å². The van der Waals surface area contributed by atoms with Crippen molar-refractivity contribution in [2.75, 3.05) is 5.75 Å². The highest BCUT2D eigenvalue weighted by atomic mass is 35.5. The van der Waals surface area contributed by atoms with Crippen LogP contribution in [0.15, 0.2) is 47.4 Å². The topological polar surface area (TPSA) is 38.0 Å². The van der Waals surface area contributed by atoms with Crippen LogP contribution in [0.5, 0.6) is 0 Å². The molecular formula is C15H15ClF2N2S. The Labute approximate surface area is 131 Å². The number of hydrazine groups is 1. The van der Waals surface area contributed by atoms with Gasteiger partial charge >= 0.3 is 0 Å². The minimum Gasteiger partial charge on any atom is -0.271 e. The summed E-state index contributed by atoms with van der Waals surface area (Å²) in [5, 5.41) is 0.486. The van der Waals surface area contributed by atoms with E-state index in [0.29, 0.717) is 22.8 Å². The van der Waals surface area contributed by atoms with Gasteiger partial charge in [0.05, 0.1) is 0 Å². The standard InChI is InChI=1S/C15H15ClF2N2S/c16-11-4-5-15(18)10(6-11)7-13(20-19)9-21-14-3-1-2-12(17)8-14/h1-6,8,13,20H,7,9,19H2. The summed E-state index contributed by atoms with van der Waals surface area (Å²) in [6, 6.07) is 10.6. The monoisotopic (exact) mass is 328 g/mol. The Balaban J connectivity index is 1.98. The molecule has 0 aromatic heterocycles. The zero-order valence-corrected chi connectivity index (χ0v) is 12.7. The SMILES string of the molecule is NNC(CSc1cccc(F)c1)Cc1cc(Cl)ccc1F. The summed E-state index contributed by atoms with van der Waals surface area (Å²) >= 11 is 7.33. The molecule has 2 nitrogen and oxygen atoms in total. The van der Waals surface area contributed by atoms with E-state index < -0.39 is 0 Å². The van der Waals surface area contributed by atoms with Crippen LogP contribution in [0.25, 0.3) is 0 Å². The van der Waals surface area contributed by atoms with Crippen molar-refractivity contribution in [3.8, 4) is 0 Å². The van der Waals surface area contributed by atoms with Gasteiger partial charge < -0.3 is 0 Å². The summed E-state index contributed by atoms with van der Waals surface area (Å²) in [5.41, 5.74) is 3.16. The van der Waals surface area contributed by atoms with Gasteiger partial charge in [-0.05, 0) is 48.4 Å². The number of halogens is 3. The average Bonchev–Trinajstić information content (AvgIpc) is 2.47. The molecule has 1 unspecified atom stereocenters. The average molecular weight is 329 g/mol. The summed E-state index contributed by atoms with van der Waals surface area (Å²) in [7, 11) is 0. The maximum absolute atomic E-state index is 13.7. The smallest absolute Gasteiger partial charge is 0.126 e. The minimum absolute atomic E-state index is 0.147. The van der Waals surface area contributed by atoms with Gasteiger partial charge in [0, 0.05) is 21.7 Å². The molecule has 21 heavy (non-hydrogen) atoms. The number of hydrogen-bond donors (Lipinski definition) is 2. The molecule has 0 bridgehead atoms. The highest BCUT2D eigenvalue weighted by molar-refractivity contribution is 7.99. The molecule has 112 valence electrons. The van der Waals surface area contributed by atoms with E-state index in [4.69, 9.17) is 17.4 Å². The van der Waals surface area contributed by atoms with Crippen LogP contribution in [-0.2, 0) is 6.42 Å². The summed E-state index contributed by atoms with van der Waals surface area (Å²) in [6.45, 7) is 0. The van der Waals surface area contributed by atoms with Crippen molar-refractivity contribution < 1.29 is 8.78 Å². The van der Waals surface area contributed by atoms with Gasteiger partial charge in [0.1, 0.15) is 11.6 Å². The lowest BCUT2D eigenvalue weighted by atomic mass is 10.1. The molecule has 0 aliphatic rings. The molecule has 0 amide bonds. The zero-order chi connectivity index (χ0) is 15.2. The molecule has 3 N–H and O–H groups in total. The van der Waals surface area contributed by atoms with Gasteiger partial charge in [0.15, 0.2) is 0 Å². The van der Waals surface area contributed by atoms with Crippen molar-refractivity contribution >= 4 is 23.4 Å². The molecule has 0 saturated heterocycles. The molecule has 6 heteroatoms. The minimum atomic E-state index is -0.310. The third-order valence-electron chi connectivity index (χ3n) is 2.96. The van der Waals surface area contributed by atoms with E-state index in [1.165, 1.54) is 36.0 Å². The van der Waals surface area contributed by atoms with Crippen molar-refractivity contribution in [2.24, 2.45) is 5.84 Å². The molecule has 0 radical (unpaired) electrons. The third kappa shape index (κ3) is 4.97. The summed E-state index contributed by atoms with van der Waals surface area (Å²) < 4.78 is 26.8. The zero-order valence-electron chi connectivity index (χ0n) is 11.2. The van der Waals surface area contributed by atoms with Crippen molar-refractivity contribution in [3.05, 3.63) is 64.7 Å². The molecule has 0 spiro atoms. The largest absolute Gasteiger partial charge is 0.271 e. The van der Waals surface area contributed by atoms with Crippen LogP contribution in [0.1, 0.15) is 5.56 Å². The van der Waals surface area contributed by atoms with E-state index in [-0.39, 0.29) is 17.7 Å². The second-order valence-corrected chi connectivity index (χ2v) is 6.10. The van der Waals surface area contributed by atoms with Crippen LogP contribution in [0.4, 0.5) is 8.78 Å². The fraction of sp³-hybridized carbons (Fsp3) is 0.200. The summed E-state index contributed by atoms with van der Waals surface area (Å²) in [5.74, 6) is 5.51. The summed E-state index contributed by atoms with van der Waals surface area (Å²) in [6.07, 6.45) is 0.408. The Kier molecular flexibility index (Phi) is 5.99. The molecule has 0 heterocycles. The number of rotatable bonds is 6. The highest BCUT2D eigenvalue weighted by Gasteiger charge is 2.12. The van der Waals surface area contributed by atoms with Crippen molar-refractivity contribution in [1.29, 1.82) is 0 Å². The highest BCUT2D eigenvalue weighted by Crippen LogP contribution is 2.22. The first-order valence-electron chi connectivity index (χ1n) is 6.37. The summed E-state index contributed by atoms with van der Waals surface area (Å²) in [4.78, 5) is 0.807. The maximum Gasteiger partial charge on any atom is 0.126 e. The molecule has 1 atom stereocenters. The van der Waals surface area contributed by atoms with Crippen LogP contribution >= 0.6 is 23.4 Å². The van der Waals surface area contributed by atoms with Crippen LogP contribution in [-0.4, -0.2) is 11.8 Å². The van der Waals surface area contributed by atoms with E-state index in [9.17, 15) is 8.78 Å². The van der Waals surface area contributed by atoms with Crippen LogP contribution in [0, 0.1) is 11.6 Å². The van der Waals surface area contributed by atoms with E-state index in [1.807, 2.05) is 6.07 Å². The quantitative estimate of drug-likeness (QED) is 0.481. The fourth-order valence-corrected chi connectivity index (χ4v) is 3.06. The molecule has 2 rings (SSSR count). The van der Waals surface area contributed by atoms with Crippen LogP contribution in [0.2, 0.25) is 5.02 Å². The predicted molar refractivity (Wildman–Crippen MR) is 83.3 cm³/mol. The lowest BCUT2D eigenvalue weighted by Crippen LogP contribution is -2.38. The Hall–Kier alpha value is -1.14. The second-order valence-electron chi connectivity index (χ2n) is 4.57. The Morgan fingerprint density at radius 2 is 2.00 bits per heavy atom. The molecule has 2 aromatic carbocycles. The normalized spacial score (nSPS) is 12.4. The van der Waals surface area contributed by atoms with E-state index in [1.54, 1.807) is 12.1 Å². The molecule has 0 aliphatic carbocycles. The van der Waals surface area contributed by atoms with Crippen molar-refractivity contribution in [1.82, 2.24) is 5.43 Å². The second kappa shape index (κ2) is 7.75. The van der Waals surface area contributed by atoms with Crippen LogP contribution in [0.3, 0.4) is 0 Å². The van der Waals surface area contributed by atoms with Gasteiger partial charge in [0.25, 0.3) is 0 Å². The van der Waals surface area contributed by atoms with Gasteiger partial charge in [-0.15, -0.1) is 11.8 Å².